The summed E-state index contributed by atoms with van der Waals surface area (Å²) in [5.41, 5.74) is 0. The lowest BCUT2D eigenvalue weighted by molar-refractivity contribution is -0.138. The Hall–Kier alpha value is -0.220. The van der Waals surface area contributed by atoms with Gasteiger partial charge in [-0.05, 0) is 31.7 Å². The van der Waals surface area contributed by atoms with E-state index < -0.39 is 5.97 Å². The lowest BCUT2D eigenvalue weighted by Crippen LogP contribution is -2.40. The predicted octanol–water partition coefficient (Wildman–Crippen LogP) is 1.84. The molecule has 4 heteroatoms. The highest BCUT2D eigenvalue weighted by Gasteiger charge is 2.24. The minimum atomic E-state index is -0.677. The molecule has 0 aromatic heterocycles. The van der Waals surface area contributed by atoms with Crippen LogP contribution in [-0.2, 0) is 4.79 Å². The first kappa shape index (κ1) is 11.9. The summed E-state index contributed by atoms with van der Waals surface area (Å²) in [7, 11) is 0. The molecular weight excluding hydrogens is 198 g/mol. The van der Waals surface area contributed by atoms with Gasteiger partial charge in [0.1, 0.15) is 0 Å². The number of nitrogens with zero attached hydrogens (tertiary/aromatic N) is 1. The van der Waals surface area contributed by atoms with Crippen LogP contribution in [0.1, 0.15) is 32.6 Å². The normalized spacial score (nSPS) is 26.0. The van der Waals surface area contributed by atoms with Crippen molar-refractivity contribution in [3.63, 3.8) is 0 Å². The number of aliphatic carboxylic acids is 1. The zero-order valence-corrected chi connectivity index (χ0v) is 9.54. The Morgan fingerprint density at radius 2 is 2.43 bits per heavy atom. The highest BCUT2D eigenvalue weighted by Crippen LogP contribution is 2.23. The van der Waals surface area contributed by atoms with Crippen molar-refractivity contribution in [3.05, 3.63) is 0 Å². The molecule has 1 heterocycles. The molecule has 0 radical (unpaired) electrons. The number of carboxylic acid groups (broad SMARTS) is 1. The molecule has 1 saturated heterocycles. The molecule has 82 valence electrons. The Morgan fingerprint density at radius 1 is 1.71 bits per heavy atom. The zero-order chi connectivity index (χ0) is 10.6. The van der Waals surface area contributed by atoms with E-state index in [1.54, 1.807) is 0 Å². The Balaban J connectivity index is 2.39. The summed E-state index contributed by atoms with van der Waals surface area (Å²) in [5.74, 6) is -0.355. The molecule has 0 amide bonds. The van der Waals surface area contributed by atoms with E-state index in [1.165, 1.54) is 0 Å². The van der Waals surface area contributed by atoms with Gasteiger partial charge in [0.25, 0.3) is 0 Å². The van der Waals surface area contributed by atoms with Crippen molar-refractivity contribution in [2.45, 2.75) is 38.0 Å². The standard InChI is InChI=1S/C10H19NO2S/c1-2-9(14)11-5-3-4-8(7-11)6-10(12)13/h8-9,14H,2-7H2,1H3,(H,12,13). The van der Waals surface area contributed by atoms with Crippen LogP contribution in [0.2, 0.25) is 0 Å². The van der Waals surface area contributed by atoms with Gasteiger partial charge in [-0.25, -0.2) is 0 Å². The second kappa shape index (κ2) is 5.61. The highest BCUT2D eigenvalue weighted by molar-refractivity contribution is 7.80. The van der Waals surface area contributed by atoms with Gasteiger partial charge in [-0.2, -0.15) is 12.6 Å². The van der Waals surface area contributed by atoms with Crippen LogP contribution in [0.4, 0.5) is 0 Å². The van der Waals surface area contributed by atoms with E-state index in [-0.39, 0.29) is 0 Å². The fourth-order valence-electron chi connectivity index (χ4n) is 2.04. The molecule has 14 heavy (non-hydrogen) atoms. The number of hydrogen-bond donors (Lipinski definition) is 2. The first-order chi connectivity index (χ1) is 6.63. The Bertz CT molecular complexity index is 199. The average molecular weight is 217 g/mol. The quantitative estimate of drug-likeness (QED) is 0.706. The van der Waals surface area contributed by atoms with Crippen molar-refractivity contribution in [1.29, 1.82) is 0 Å². The zero-order valence-electron chi connectivity index (χ0n) is 8.65. The fourth-order valence-corrected chi connectivity index (χ4v) is 2.25. The van der Waals surface area contributed by atoms with Crippen LogP contribution in [0.25, 0.3) is 0 Å². The second-order valence-corrected chi connectivity index (χ2v) is 4.59. The molecule has 1 N–H and O–H groups in total. The molecule has 1 aliphatic heterocycles. The fraction of sp³-hybridized carbons (Fsp3) is 0.900. The van der Waals surface area contributed by atoms with E-state index in [0.29, 0.717) is 17.7 Å². The Morgan fingerprint density at radius 3 is 3.00 bits per heavy atom. The number of piperidine rings is 1. The van der Waals surface area contributed by atoms with Crippen LogP contribution in [0.5, 0.6) is 0 Å². The Labute approximate surface area is 90.9 Å². The molecule has 1 aliphatic rings. The molecule has 0 saturated carbocycles. The van der Waals surface area contributed by atoms with Crippen molar-refractivity contribution >= 4 is 18.6 Å². The van der Waals surface area contributed by atoms with E-state index in [9.17, 15) is 4.79 Å². The van der Waals surface area contributed by atoms with Gasteiger partial charge < -0.3 is 5.11 Å². The second-order valence-electron chi connectivity index (χ2n) is 3.99. The van der Waals surface area contributed by atoms with Gasteiger partial charge >= 0.3 is 5.97 Å². The van der Waals surface area contributed by atoms with Crippen molar-refractivity contribution in [2.75, 3.05) is 13.1 Å². The van der Waals surface area contributed by atoms with E-state index in [0.717, 1.165) is 32.4 Å². The van der Waals surface area contributed by atoms with Crippen LogP contribution < -0.4 is 0 Å². The molecule has 2 atom stereocenters. The van der Waals surface area contributed by atoms with Gasteiger partial charge in [-0.15, -0.1) is 0 Å². The summed E-state index contributed by atoms with van der Waals surface area (Å²) >= 11 is 4.48. The lowest BCUT2D eigenvalue weighted by atomic mass is 9.95. The van der Waals surface area contributed by atoms with Gasteiger partial charge in [0.15, 0.2) is 0 Å². The number of likely N-dealkylation sites (tertiary alicyclic amines) is 1. The first-order valence-corrected chi connectivity index (χ1v) is 5.79. The number of rotatable bonds is 4. The molecule has 1 rings (SSSR count). The van der Waals surface area contributed by atoms with Crippen molar-refractivity contribution in [2.24, 2.45) is 5.92 Å². The van der Waals surface area contributed by atoms with Crippen LogP contribution in [0.3, 0.4) is 0 Å². The maximum Gasteiger partial charge on any atom is 0.303 e. The topological polar surface area (TPSA) is 40.5 Å². The lowest BCUT2D eigenvalue weighted by Gasteiger charge is -2.35. The van der Waals surface area contributed by atoms with E-state index in [1.807, 2.05) is 0 Å². The van der Waals surface area contributed by atoms with Gasteiger partial charge in [0, 0.05) is 13.0 Å². The summed E-state index contributed by atoms with van der Waals surface area (Å²) in [4.78, 5) is 12.9. The molecule has 2 unspecified atom stereocenters. The summed E-state index contributed by atoms with van der Waals surface area (Å²) in [6, 6.07) is 0. The first-order valence-electron chi connectivity index (χ1n) is 5.27. The predicted molar refractivity (Wildman–Crippen MR) is 59.6 cm³/mol. The molecule has 1 fully saturated rings. The number of carboxylic acids is 1. The highest BCUT2D eigenvalue weighted by atomic mass is 32.1. The van der Waals surface area contributed by atoms with Crippen LogP contribution in [0.15, 0.2) is 0 Å². The molecule has 0 bridgehead atoms. The summed E-state index contributed by atoms with van der Waals surface area (Å²) < 4.78 is 0. The van der Waals surface area contributed by atoms with Gasteiger partial charge in [-0.1, -0.05) is 6.92 Å². The summed E-state index contributed by atoms with van der Waals surface area (Å²) in [6.07, 6.45) is 3.48. The number of hydrogen-bond acceptors (Lipinski definition) is 3. The van der Waals surface area contributed by atoms with Crippen LogP contribution in [-0.4, -0.2) is 34.4 Å². The monoisotopic (exact) mass is 217 g/mol. The molecular formula is C10H19NO2S. The third kappa shape index (κ3) is 3.50. The van der Waals surface area contributed by atoms with Gasteiger partial charge in [0.2, 0.25) is 0 Å². The maximum absolute atomic E-state index is 10.6. The summed E-state index contributed by atoms with van der Waals surface area (Å²) in [6.45, 7) is 4.07. The van der Waals surface area contributed by atoms with E-state index in [2.05, 4.69) is 24.5 Å². The molecule has 0 spiro atoms. The minimum absolute atomic E-state index is 0.298. The van der Waals surface area contributed by atoms with Crippen LogP contribution >= 0.6 is 12.6 Å². The Kier molecular flexibility index (Phi) is 4.75. The maximum atomic E-state index is 10.6. The van der Waals surface area contributed by atoms with Crippen LogP contribution in [0, 0.1) is 5.92 Å². The third-order valence-corrected chi connectivity index (χ3v) is 3.49. The molecule has 0 aliphatic carbocycles. The third-order valence-electron chi connectivity index (χ3n) is 2.80. The smallest absolute Gasteiger partial charge is 0.303 e. The van der Waals surface area contributed by atoms with E-state index in [4.69, 9.17) is 5.11 Å². The summed E-state index contributed by atoms with van der Waals surface area (Å²) in [5, 5.41) is 9.01. The van der Waals surface area contributed by atoms with Crippen molar-refractivity contribution in [1.82, 2.24) is 4.90 Å². The largest absolute Gasteiger partial charge is 0.481 e. The molecule has 3 nitrogen and oxygen atoms in total. The van der Waals surface area contributed by atoms with Gasteiger partial charge in [0.05, 0.1) is 5.37 Å². The van der Waals surface area contributed by atoms with Crippen molar-refractivity contribution in [3.8, 4) is 0 Å². The van der Waals surface area contributed by atoms with Gasteiger partial charge in [-0.3, -0.25) is 9.69 Å². The number of carbonyl (C=O) groups is 1. The van der Waals surface area contributed by atoms with E-state index >= 15 is 0 Å². The SMILES string of the molecule is CCC(S)N1CCCC(CC(=O)O)C1. The minimum Gasteiger partial charge on any atom is -0.481 e. The average Bonchev–Trinajstić information content (AvgIpc) is 2.16. The number of thiol groups is 1. The molecule has 0 aromatic carbocycles. The van der Waals surface area contributed by atoms with Crippen molar-refractivity contribution < 1.29 is 9.90 Å². The molecule has 0 aromatic rings.